The summed E-state index contributed by atoms with van der Waals surface area (Å²) >= 11 is 1.61. The second-order valence-electron chi connectivity index (χ2n) is 5.62. The van der Waals surface area contributed by atoms with E-state index in [9.17, 15) is 14.4 Å². The summed E-state index contributed by atoms with van der Waals surface area (Å²) in [5, 5.41) is 2.00. The first kappa shape index (κ1) is 15.4. The van der Waals surface area contributed by atoms with Gasteiger partial charge in [0.15, 0.2) is 0 Å². The lowest BCUT2D eigenvalue weighted by Gasteiger charge is -2.17. The number of thiophene rings is 1. The number of amides is 3. The summed E-state index contributed by atoms with van der Waals surface area (Å²) in [6.45, 7) is 2.53. The van der Waals surface area contributed by atoms with Crippen LogP contribution in [0.5, 0.6) is 0 Å². The predicted octanol–water partition coefficient (Wildman–Crippen LogP) is 2.55. The van der Waals surface area contributed by atoms with Gasteiger partial charge in [-0.05, 0) is 42.1 Å². The Balaban J connectivity index is 1.85. The summed E-state index contributed by atoms with van der Waals surface area (Å²) < 4.78 is 0. The summed E-state index contributed by atoms with van der Waals surface area (Å²) in [5.74, 6) is -0.863. The smallest absolute Gasteiger partial charge is 0.261 e. The number of rotatable bonds is 3. The van der Waals surface area contributed by atoms with Gasteiger partial charge >= 0.3 is 0 Å². The minimum absolute atomic E-state index is 0.171. The van der Waals surface area contributed by atoms with Crippen molar-refractivity contribution in [2.75, 3.05) is 14.1 Å². The molecule has 1 aliphatic rings. The lowest BCUT2D eigenvalue weighted by molar-refractivity contribution is 0.0692. The Hall–Kier alpha value is -2.47. The molecule has 23 heavy (non-hydrogen) atoms. The van der Waals surface area contributed by atoms with Crippen LogP contribution < -0.4 is 0 Å². The summed E-state index contributed by atoms with van der Waals surface area (Å²) in [6, 6.07) is 6.69. The van der Waals surface area contributed by atoms with Crippen LogP contribution in [-0.4, -0.2) is 41.6 Å². The van der Waals surface area contributed by atoms with Crippen LogP contribution in [-0.2, 0) is 6.54 Å². The number of imide groups is 1. The molecular formula is C17H16N2O3S. The molecule has 0 saturated heterocycles. The van der Waals surface area contributed by atoms with Crippen molar-refractivity contribution >= 4 is 29.1 Å². The number of carbonyl (C=O) groups is 3. The van der Waals surface area contributed by atoms with Crippen LogP contribution in [0, 0.1) is 6.92 Å². The second-order valence-corrected chi connectivity index (χ2v) is 6.62. The molecule has 0 atom stereocenters. The average molecular weight is 328 g/mol. The molecule has 3 rings (SSSR count). The molecule has 1 aromatic carbocycles. The molecule has 5 nitrogen and oxygen atoms in total. The first-order valence-electron chi connectivity index (χ1n) is 7.15. The van der Waals surface area contributed by atoms with E-state index in [1.165, 1.54) is 13.1 Å². The average Bonchev–Trinajstić information content (AvgIpc) is 3.04. The van der Waals surface area contributed by atoms with Gasteiger partial charge in [-0.1, -0.05) is 0 Å². The van der Waals surface area contributed by atoms with E-state index in [-0.39, 0.29) is 17.7 Å². The van der Waals surface area contributed by atoms with E-state index >= 15 is 0 Å². The molecule has 0 spiro atoms. The third-order valence-electron chi connectivity index (χ3n) is 4.03. The highest BCUT2D eigenvalue weighted by molar-refractivity contribution is 7.10. The lowest BCUT2D eigenvalue weighted by Crippen LogP contribution is -2.26. The van der Waals surface area contributed by atoms with Gasteiger partial charge < -0.3 is 4.90 Å². The van der Waals surface area contributed by atoms with Gasteiger partial charge in [-0.25, -0.2) is 0 Å². The second kappa shape index (κ2) is 5.62. The van der Waals surface area contributed by atoms with Gasteiger partial charge in [0, 0.05) is 24.5 Å². The Bertz CT molecular complexity index is 825. The van der Waals surface area contributed by atoms with Crippen molar-refractivity contribution in [3.05, 3.63) is 56.8 Å². The molecule has 1 aliphatic heterocycles. The fourth-order valence-electron chi connectivity index (χ4n) is 2.57. The Morgan fingerprint density at radius 2 is 1.87 bits per heavy atom. The van der Waals surface area contributed by atoms with Crippen LogP contribution in [0.1, 0.15) is 41.5 Å². The van der Waals surface area contributed by atoms with Gasteiger partial charge in [0.05, 0.1) is 17.7 Å². The van der Waals surface area contributed by atoms with E-state index < -0.39 is 0 Å². The van der Waals surface area contributed by atoms with E-state index in [2.05, 4.69) is 0 Å². The molecular weight excluding hydrogens is 312 g/mol. The van der Waals surface area contributed by atoms with Crippen LogP contribution in [0.2, 0.25) is 0 Å². The number of hydrogen-bond donors (Lipinski definition) is 0. The molecule has 2 heterocycles. The normalized spacial score (nSPS) is 13.4. The van der Waals surface area contributed by atoms with Crippen molar-refractivity contribution in [1.29, 1.82) is 0 Å². The zero-order chi connectivity index (χ0) is 16.7. The molecule has 0 N–H and O–H groups in total. The Labute approximate surface area is 138 Å². The first-order valence-corrected chi connectivity index (χ1v) is 8.03. The van der Waals surface area contributed by atoms with Crippen LogP contribution in [0.25, 0.3) is 0 Å². The quantitative estimate of drug-likeness (QED) is 0.814. The highest BCUT2D eigenvalue weighted by atomic mass is 32.1. The maximum atomic E-state index is 12.6. The van der Waals surface area contributed by atoms with E-state index in [0.29, 0.717) is 23.2 Å². The number of carbonyl (C=O) groups excluding carboxylic acids is 3. The topological polar surface area (TPSA) is 57.7 Å². The fraction of sp³-hybridized carbons (Fsp3) is 0.235. The van der Waals surface area contributed by atoms with Gasteiger partial charge in [0.1, 0.15) is 0 Å². The molecule has 0 bridgehead atoms. The summed E-state index contributed by atoms with van der Waals surface area (Å²) in [7, 11) is 3.17. The minimum Gasteiger partial charge on any atom is -0.337 e. The molecule has 1 aromatic heterocycles. The molecule has 0 fully saturated rings. The number of hydrogen-bond acceptors (Lipinski definition) is 4. The highest BCUT2D eigenvalue weighted by Crippen LogP contribution is 2.24. The van der Waals surface area contributed by atoms with Crippen molar-refractivity contribution in [1.82, 2.24) is 9.80 Å². The number of nitrogens with zero attached hydrogens (tertiary/aromatic N) is 2. The van der Waals surface area contributed by atoms with Crippen LogP contribution in [0.4, 0.5) is 0 Å². The van der Waals surface area contributed by atoms with E-state index in [1.807, 2.05) is 18.4 Å². The SMILES string of the molecule is Cc1ccsc1CN(C)C(=O)c1ccc2c(c1)C(=O)N(C)C2=O. The van der Waals surface area contributed by atoms with Crippen molar-refractivity contribution in [2.24, 2.45) is 0 Å². The predicted molar refractivity (Wildman–Crippen MR) is 87.7 cm³/mol. The molecule has 0 unspecified atom stereocenters. The third kappa shape index (κ3) is 2.55. The standard InChI is InChI=1S/C17H16N2O3S/c1-10-6-7-23-14(10)9-18(2)15(20)11-4-5-12-13(8-11)17(22)19(3)16(12)21/h4-8H,9H2,1-3H3. The van der Waals surface area contributed by atoms with Gasteiger partial charge in [0.2, 0.25) is 0 Å². The van der Waals surface area contributed by atoms with Crippen LogP contribution >= 0.6 is 11.3 Å². The zero-order valence-corrected chi connectivity index (χ0v) is 13.9. The fourth-order valence-corrected chi connectivity index (χ4v) is 3.53. The van der Waals surface area contributed by atoms with Crippen molar-refractivity contribution in [2.45, 2.75) is 13.5 Å². The minimum atomic E-state index is -0.364. The molecule has 0 aliphatic carbocycles. The summed E-state index contributed by atoms with van der Waals surface area (Å²) in [5.41, 5.74) is 2.22. The molecule has 118 valence electrons. The molecule has 2 aromatic rings. The van der Waals surface area contributed by atoms with Crippen LogP contribution in [0.3, 0.4) is 0 Å². The molecule has 0 radical (unpaired) electrons. The first-order chi connectivity index (χ1) is 10.9. The third-order valence-corrected chi connectivity index (χ3v) is 5.04. The lowest BCUT2D eigenvalue weighted by atomic mass is 10.0. The largest absolute Gasteiger partial charge is 0.337 e. The van der Waals surface area contributed by atoms with Crippen molar-refractivity contribution < 1.29 is 14.4 Å². The van der Waals surface area contributed by atoms with Gasteiger partial charge in [-0.3, -0.25) is 19.3 Å². The van der Waals surface area contributed by atoms with Crippen LogP contribution in [0.15, 0.2) is 29.6 Å². The highest BCUT2D eigenvalue weighted by Gasteiger charge is 2.33. The number of benzene rings is 1. The molecule has 6 heteroatoms. The Morgan fingerprint density at radius 3 is 2.52 bits per heavy atom. The van der Waals surface area contributed by atoms with E-state index in [1.54, 1.807) is 35.4 Å². The Morgan fingerprint density at radius 1 is 1.17 bits per heavy atom. The van der Waals surface area contributed by atoms with Gasteiger partial charge in [-0.2, -0.15) is 0 Å². The zero-order valence-electron chi connectivity index (χ0n) is 13.1. The number of fused-ring (bicyclic) bond motifs is 1. The summed E-state index contributed by atoms with van der Waals surface area (Å²) in [4.78, 5) is 40.3. The monoisotopic (exact) mass is 328 g/mol. The molecule has 0 saturated carbocycles. The summed E-state index contributed by atoms with van der Waals surface area (Å²) in [6.07, 6.45) is 0. The van der Waals surface area contributed by atoms with Gasteiger partial charge in [0.25, 0.3) is 17.7 Å². The molecule has 3 amide bonds. The maximum Gasteiger partial charge on any atom is 0.261 e. The Kier molecular flexibility index (Phi) is 3.77. The van der Waals surface area contributed by atoms with Gasteiger partial charge in [-0.15, -0.1) is 11.3 Å². The van der Waals surface area contributed by atoms with Crippen molar-refractivity contribution in [3.63, 3.8) is 0 Å². The van der Waals surface area contributed by atoms with E-state index in [0.717, 1.165) is 15.3 Å². The van der Waals surface area contributed by atoms with Crippen molar-refractivity contribution in [3.8, 4) is 0 Å². The maximum absolute atomic E-state index is 12.6. The number of aryl methyl sites for hydroxylation is 1. The van der Waals surface area contributed by atoms with E-state index in [4.69, 9.17) is 0 Å².